The summed E-state index contributed by atoms with van der Waals surface area (Å²) in [6.07, 6.45) is 18.0. The van der Waals surface area contributed by atoms with Crippen molar-refractivity contribution in [2.75, 3.05) is 0 Å². The van der Waals surface area contributed by atoms with Crippen molar-refractivity contribution in [3.05, 3.63) is 60.2 Å². The maximum atomic E-state index is 2.25. The lowest BCUT2D eigenvalue weighted by molar-refractivity contribution is -0.697. The van der Waals surface area contributed by atoms with Gasteiger partial charge in [-0.1, -0.05) is 38.8 Å². The lowest BCUT2D eigenvalue weighted by atomic mass is 10.2. The molecule has 2 heterocycles. The number of unbranched alkanes of at least 4 members (excludes halogenated alkanes) is 2. The molecule has 0 radical (unpaired) electrons. The summed E-state index contributed by atoms with van der Waals surface area (Å²) >= 11 is 0. The average Bonchev–Trinajstić information content (AvgIpc) is 2.58. The minimum Gasteiger partial charge on any atom is -0.205 e. The first-order valence-corrected chi connectivity index (χ1v) is 8.48. The predicted octanol–water partition coefficient (Wildman–Crippen LogP) is 4.03. The molecule has 0 atom stereocenters. The second-order valence-corrected chi connectivity index (χ2v) is 5.78. The zero-order valence-corrected chi connectivity index (χ0v) is 13.9. The highest BCUT2D eigenvalue weighted by molar-refractivity contribution is 5.68. The van der Waals surface area contributed by atoms with Gasteiger partial charge in [0.15, 0.2) is 24.8 Å². The van der Waals surface area contributed by atoms with Gasteiger partial charge in [-0.2, -0.15) is 0 Å². The van der Waals surface area contributed by atoms with Gasteiger partial charge in [0.25, 0.3) is 0 Å². The molecule has 0 aliphatic heterocycles. The lowest BCUT2D eigenvalue weighted by Gasteiger charge is -1.97. The minimum atomic E-state index is 1.11. The van der Waals surface area contributed by atoms with Gasteiger partial charge in [-0.15, -0.1) is 0 Å². The zero-order chi connectivity index (χ0) is 15.6. The van der Waals surface area contributed by atoms with Crippen LogP contribution in [0.2, 0.25) is 0 Å². The van der Waals surface area contributed by atoms with Crippen LogP contribution in [0.5, 0.6) is 0 Å². The molecule has 22 heavy (non-hydrogen) atoms. The van der Waals surface area contributed by atoms with Gasteiger partial charge in [-0.25, -0.2) is 9.13 Å². The largest absolute Gasteiger partial charge is 0.205 e. The molecule has 0 N–H and O–H groups in total. The Morgan fingerprint density at radius 3 is 1.36 bits per heavy atom. The Bertz CT molecular complexity index is 514. The lowest BCUT2D eigenvalue weighted by Crippen LogP contribution is -2.32. The quantitative estimate of drug-likeness (QED) is 0.650. The van der Waals surface area contributed by atoms with E-state index in [1.165, 1.54) is 36.8 Å². The van der Waals surface area contributed by atoms with E-state index in [4.69, 9.17) is 0 Å². The Balaban J connectivity index is 1.93. The molecule has 2 aromatic rings. The molecule has 0 aromatic carbocycles. The average molecular weight is 296 g/mol. The van der Waals surface area contributed by atoms with Crippen LogP contribution in [0.1, 0.15) is 50.7 Å². The van der Waals surface area contributed by atoms with E-state index in [-0.39, 0.29) is 0 Å². The van der Waals surface area contributed by atoms with E-state index in [0.29, 0.717) is 0 Å². The molecular formula is C20H28N2+2. The minimum absolute atomic E-state index is 1.11. The second-order valence-electron chi connectivity index (χ2n) is 5.78. The van der Waals surface area contributed by atoms with Crippen LogP contribution < -0.4 is 9.13 Å². The fourth-order valence-corrected chi connectivity index (χ4v) is 2.33. The van der Waals surface area contributed by atoms with Crippen molar-refractivity contribution in [3.63, 3.8) is 0 Å². The molecule has 0 fully saturated rings. The van der Waals surface area contributed by atoms with Crippen LogP contribution in [0.15, 0.2) is 49.1 Å². The van der Waals surface area contributed by atoms with Gasteiger partial charge >= 0.3 is 0 Å². The van der Waals surface area contributed by atoms with Gasteiger partial charge in [0.1, 0.15) is 13.1 Å². The summed E-state index contributed by atoms with van der Waals surface area (Å²) in [7, 11) is 0. The Kier molecular flexibility index (Phi) is 6.82. The molecule has 0 saturated heterocycles. The van der Waals surface area contributed by atoms with Crippen molar-refractivity contribution in [1.82, 2.24) is 0 Å². The molecule has 0 aliphatic rings. The van der Waals surface area contributed by atoms with Crippen LogP contribution in [0, 0.1) is 0 Å². The molecule has 2 nitrogen and oxygen atoms in total. The van der Waals surface area contributed by atoms with Crippen molar-refractivity contribution in [1.29, 1.82) is 0 Å². The van der Waals surface area contributed by atoms with Gasteiger partial charge < -0.3 is 0 Å². The van der Waals surface area contributed by atoms with Crippen LogP contribution >= 0.6 is 0 Å². The Morgan fingerprint density at radius 1 is 0.682 bits per heavy atom. The fraction of sp³-hybridized carbons (Fsp3) is 0.400. The monoisotopic (exact) mass is 296 g/mol. The van der Waals surface area contributed by atoms with Gasteiger partial charge in [-0.05, 0) is 11.1 Å². The van der Waals surface area contributed by atoms with Crippen LogP contribution in [-0.4, -0.2) is 0 Å². The molecule has 116 valence electrons. The molecule has 2 aromatic heterocycles. The van der Waals surface area contributed by atoms with E-state index in [1.54, 1.807) is 0 Å². The molecule has 0 spiro atoms. The highest BCUT2D eigenvalue weighted by Crippen LogP contribution is 2.05. The van der Waals surface area contributed by atoms with Crippen LogP contribution in [-0.2, 0) is 13.1 Å². The predicted molar refractivity (Wildman–Crippen MR) is 92.0 cm³/mol. The normalized spacial score (nSPS) is 11.2. The first-order valence-electron chi connectivity index (χ1n) is 8.48. The first-order chi connectivity index (χ1) is 10.8. The van der Waals surface area contributed by atoms with E-state index in [1.807, 2.05) is 0 Å². The molecule has 0 unspecified atom stereocenters. The van der Waals surface area contributed by atoms with Crippen molar-refractivity contribution < 1.29 is 9.13 Å². The third-order valence-corrected chi connectivity index (χ3v) is 3.84. The van der Waals surface area contributed by atoms with Crippen LogP contribution in [0.3, 0.4) is 0 Å². The number of rotatable bonds is 8. The second kappa shape index (κ2) is 9.14. The van der Waals surface area contributed by atoms with Gasteiger partial charge in [0, 0.05) is 37.1 Å². The van der Waals surface area contributed by atoms with Crippen molar-refractivity contribution in [2.45, 2.75) is 52.6 Å². The number of hydrogen-bond acceptors (Lipinski definition) is 0. The summed E-state index contributed by atoms with van der Waals surface area (Å²) in [5.41, 5.74) is 2.49. The van der Waals surface area contributed by atoms with Gasteiger partial charge in [0.2, 0.25) is 0 Å². The van der Waals surface area contributed by atoms with Crippen molar-refractivity contribution in [3.8, 4) is 0 Å². The SMILES string of the molecule is CCCC[n+]1ccc(C=Cc2cc[n+](CCCC)cc2)cc1. The van der Waals surface area contributed by atoms with Crippen molar-refractivity contribution in [2.24, 2.45) is 0 Å². The topological polar surface area (TPSA) is 7.76 Å². The Hall–Kier alpha value is -1.96. The summed E-state index contributed by atoms with van der Waals surface area (Å²) in [4.78, 5) is 0. The summed E-state index contributed by atoms with van der Waals surface area (Å²) < 4.78 is 4.50. The molecular weight excluding hydrogens is 268 g/mol. The molecule has 0 saturated carbocycles. The standard InChI is InChI=1S/C20H28N2/c1-3-5-13-21-15-9-19(10-16-21)7-8-20-11-17-22(18-12-20)14-6-4-2/h7-12,15-18H,3-6,13-14H2,1-2H3/q+2. The van der Waals surface area contributed by atoms with E-state index in [2.05, 4.69) is 84.2 Å². The third-order valence-electron chi connectivity index (χ3n) is 3.84. The van der Waals surface area contributed by atoms with Crippen LogP contribution in [0.4, 0.5) is 0 Å². The summed E-state index contributed by atoms with van der Waals surface area (Å²) in [6, 6.07) is 8.71. The van der Waals surface area contributed by atoms with Gasteiger partial charge in [-0.3, -0.25) is 0 Å². The van der Waals surface area contributed by atoms with Crippen LogP contribution in [0.25, 0.3) is 12.2 Å². The zero-order valence-electron chi connectivity index (χ0n) is 13.9. The maximum Gasteiger partial charge on any atom is 0.169 e. The number of nitrogens with zero attached hydrogens (tertiary/aromatic N) is 2. The third kappa shape index (κ3) is 5.44. The van der Waals surface area contributed by atoms with E-state index >= 15 is 0 Å². The number of aryl methyl sites for hydroxylation is 2. The Labute approximate surface area is 134 Å². The maximum absolute atomic E-state index is 2.25. The van der Waals surface area contributed by atoms with E-state index in [0.717, 1.165) is 13.1 Å². The van der Waals surface area contributed by atoms with E-state index < -0.39 is 0 Å². The molecule has 0 bridgehead atoms. The number of aromatic nitrogens is 2. The smallest absolute Gasteiger partial charge is 0.169 e. The molecule has 2 rings (SSSR count). The van der Waals surface area contributed by atoms with Gasteiger partial charge in [0.05, 0.1) is 0 Å². The fourth-order valence-electron chi connectivity index (χ4n) is 2.33. The first kappa shape index (κ1) is 16.4. The molecule has 0 amide bonds. The van der Waals surface area contributed by atoms with Crippen molar-refractivity contribution >= 4 is 12.2 Å². The molecule has 0 aliphatic carbocycles. The van der Waals surface area contributed by atoms with E-state index in [9.17, 15) is 0 Å². The number of pyridine rings is 2. The highest BCUT2D eigenvalue weighted by Gasteiger charge is 2.00. The summed E-state index contributed by atoms with van der Waals surface area (Å²) in [5, 5.41) is 0. The number of hydrogen-bond donors (Lipinski definition) is 0. The summed E-state index contributed by atoms with van der Waals surface area (Å²) in [5.74, 6) is 0. The highest BCUT2D eigenvalue weighted by atomic mass is 14.9. The Morgan fingerprint density at radius 2 is 1.05 bits per heavy atom. The molecule has 2 heteroatoms. The summed E-state index contributed by atoms with van der Waals surface area (Å²) in [6.45, 7) is 6.67.